The Kier molecular flexibility index (Phi) is 4.51. The van der Waals surface area contributed by atoms with Crippen molar-refractivity contribution < 1.29 is 5.11 Å². The molecule has 0 radical (unpaired) electrons. The zero-order valence-corrected chi connectivity index (χ0v) is 10.5. The first kappa shape index (κ1) is 13.2. The van der Waals surface area contributed by atoms with Crippen molar-refractivity contribution in [1.82, 2.24) is 0 Å². The second kappa shape index (κ2) is 5.46. The molecule has 0 bridgehead atoms. The smallest absolute Gasteiger partial charge is 0.0891 e. The molecule has 0 fully saturated rings. The van der Waals surface area contributed by atoms with Crippen molar-refractivity contribution in [3.8, 4) is 0 Å². The lowest BCUT2D eigenvalue weighted by Gasteiger charge is -2.28. The fourth-order valence-electron chi connectivity index (χ4n) is 1.68. The van der Waals surface area contributed by atoms with Crippen LogP contribution in [0.1, 0.15) is 38.3 Å². The summed E-state index contributed by atoms with van der Waals surface area (Å²) < 4.78 is 0. The third kappa shape index (κ3) is 3.06. The first-order chi connectivity index (χ1) is 7.48. The highest BCUT2D eigenvalue weighted by atomic mass is 16.3. The molecule has 0 saturated carbocycles. The van der Waals surface area contributed by atoms with Gasteiger partial charge in [0.2, 0.25) is 0 Å². The molecule has 0 aliphatic heterocycles. The number of hydrogen-bond donors (Lipinski definition) is 2. The molecule has 1 aromatic rings. The molecule has 0 aliphatic carbocycles. The lowest BCUT2D eigenvalue weighted by atomic mass is 9.84. The summed E-state index contributed by atoms with van der Waals surface area (Å²) in [5.41, 5.74) is 7.00. The maximum absolute atomic E-state index is 10.4. The van der Waals surface area contributed by atoms with Gasteiger partial charge >= 0.3 is 0 Å². The van der Waals surface area contributed by atoms with Crippen molar-refractivity contribution in [1.29, 1.82) is 0 Å². The van der Waals surface area contributed by atoms with Crippen molar-refractivity contribution in [2.24, 2.45) is 11.7 Å². The Balaban J connectivity index is 2.89. The van der Waals surface area contributed by atoms with E-state index in [1.807, 2.05) is 32.9 Å². The molecule has 0 heterocycles. The van der Waals surface area contributed by atoms with Crippen molar-refractivity contribution >= 4 is 0 Å². The van der Waals surface area contributed by atoms with Crippen LogP contribution in [0.3, 0.4) is 0 Å². The number of nitrogens with two attached hydrogens (primary N) is 1. The molecule has 3 N–H and O–H groups in total. The molecule has 0 spiro atoms. The van der Waals surface area contributed by atoms with E-state index in [9.17, 15) is 5.11 Å². The van der Waals surface area contributed by atoms with Crippen LogP contribution in [0.4, 0.5) is 0 Å². The van der Waals surface area contributed by atoms with Crippen molar-refractivity contribution in [3.63, 3.8) is 0 Å². The highest BCUT2D eigenvalue weighted by Crippen LogP contribution is 2.29. The van der Waals surface area contributed by atoms with Crippen molar-refractivity contribution in [3.05, 3.63) is 35.4 Å². The average molecular weight is 221 g/mol. The SMILES string of the molecule is CC(C)C(C)(O)c1cccc(CCCN)c1. The van der Waals surface area contributed by atoms with Gasteiger partial charge in [0.1, 0.15) is 0 Å². The molecule has 0 amide bonds. The Morgan fingerprint density at radius 2 is 2.06 bits per heavy atom. The van der Waals surface area contributed by atoms with E-state index in [1.165, 1.54) is 5.56 Å². The lowest BCUT2D eigenvalue weighted by molar-refractivity contribution is 0.00898. The molecule has 90 valence electrons. The van der Waals surface area contributed by atoms with Crippen LogP contribution in [-0.2, 0) is 12.0 Å². The molecular weight excluding hydrogens is 198 g/mol. The van der Waals surface area contributed by atoms with Gasteiger partial charge in [0.05, 0.1) is 5.60 Å². The van der Waals surface area contributed by atoms with E-state index >= 15 is 0 Å². The first-order valence-corrected chi connectivity index (χ1v) is 6.00. The minimum Gasteiger partial charge on any atom is -0.385 e. The van der Waals surface area contributed by atoms with Crippen LogP contribution >= 0.6 is 0 Å². The molecule has 1 rings (SSSR count). The maximum Gasteiger partial charge on any atom is 0.0891 e. The van der Waals surface area contributed by atoms with Crippen LogP contribution in [0.5, 0.6) is 0 Å². The Labute approximate surface area is 98.5 Å². The highest BCUT2D eigenvalue weighted by Gasteiger charge is 2.26. The van der Waals surface area contributed by atoms with Crippen molar-refractivity contribution in [2.75, 3.05) is 6.54 Å². The van der Waals surface area contributed by atoms with E-state index in [2.05, 4.69) is 12.1 Å². The van der Waals surface area contributed by atoms with Gasteiger partial charge in [-0.15, -0.1) is 0 Å². The van der Waals surface area contributed by atoms with E-state index in [0.29, 0.717) is 6.54 Å². The normalized spacial score (nSPS) is 15.1. The maximum atomic E-state index is 10.4. The summed E-state index contributed by atoms with van der Waals surface area (Å²) in [7, 11) is 0. The van der Waals surface area contributed by atoms with Crippen molar-refractivity contribution in [2.45, 2.75) is 39.2 Å². The summed E-state index contributed by atoms with van der Waals surface area (Å²) >= 11 is 0. The summed E-state index contributed by atoms with van der Waals surface area (Å²) in [4.78, 5) is 0. The zero-order chi connectivity index (χ0) is 12.2. The first-order valence-electron chi connectivity index (χ1n) is 6.00. The standard InChI is InChI=1S/C14H23NO/c1-11(2)14(3,16)13-8-4-6-12(10-13)7-5-9-15/h4,6,8,10-11,16H,5,7,9,15H2,1-3H3. The molecule has 0 aliphatic rings. The summed E-state index contributed by atoms with van der Waals surface area (Å²) in [6.07, 6.45) is 1.98. The molecule has 2 heteroatoms. The quantitative estimate of drug-likeness (QED) is 0.802. The molecule has 1 atom stereocenters. The molecule has 0 saturated heterocycles. The minimum atomic E-state index is -0.751. The van der Waals surface area contributed by atoms with E-state index in [0.717, 1.165) is 18.4 Å². The zero-order valence-electron chi connectivity index (χ0n) is 10.5. The predicted octanol–water partition coefficient (Wildman–Crippen LogP) is 2.44. The van der Waals surface area contributed by atoms with Crippen LogP contribution < -0.4 is 5.73 Å². The van der Waals surface area contributed by atoms with Crippen LogP contribution in [-0.4, -0.2) is 11.7 Å². The Bertz CT molecular complexity index is 331. The molecule has 2 nitrogen and oxygen atoms in total. The highest BCUT2D eigenvalue weighted by molar-refractivity contribution is 5.28. The molecule has 1 aromatic carbocycles. The van der Waals surface area contributed by atoms with E-state index in [1.54, 1.807) is 0 Å². The number of aryl methyl sites for hydroxylation is 1. The molecule has 0 aromatic heterocycles. The van der Waals surface area contributed by atoms with Gasteiger partial charge in [-0.2, -0.15) is 0 Å². The topological polar surface area (TPSA) is 46.2 Å². The van der Waals surface area contributed by atoms with Gasteiger partial charge in [-0.25, -0.2) is 0 Å². The fraction of sp³-hybridized carbons (Fsp3) is 0.571. The van der Waals surface area contributed by atoms with E-state index in [4.69, 9.17) is 5.73 Å². The Morgan fingerprint density at radius 1 is 1.38 bits per heavy atom. The van der Waals surface area contributed by atoms with Gasteiger partial charge < -0.3 is 10.8 Å². The van der Waals surface area contributed by atoms with Gasteiger partial charge in [-0.1, -0.05) is 38.1 Å². The average Bonchev–Trinajstić information content (AvgIpc) is 2.26. The molecular formula is C14H23NO. The van der Waals surface area contributed by atoms with Crippen LogP contribution in [0.25, 0.3) is 0 Å². The fourth-order valence-corrected chi connectivity index (χ4v) is 1.68. The minimum absolute atomic E-state index is 0.206. The summed E-state index contributed by atoms with van der Waals surface area (Å²) in [5.74, 6) is 0.206. The van der Waals surface area contributed by atoms with Crippen LogP contribution in [0.2, 0.25) is 0 Å². The number of hydrogen-bond acceptors (Lipinski definition) is 2. The Morgan fingerprint density at radius 3 is 2.62 bits per heavy atom. The Hall–Kier alpha value is -0.860. The second-order valence-corrected chi connectivity index (χ2v) is 4.89. The van der Waals surface area contributed by atoms with Gasteiger partial charge in [-0.05, 0) is 43.4 Å². The number of benzene rings is 1. The predicted molar refractivity (Wildman–Crippen MR) is 68.2 cm³/mol. The number of rotatable bonds is 5. The van der Waals surface area contributed by atoms with Crippen LogP contribution in [0, 0.1) is 5.92 Å². The summed E-state index contributed by atoms with van der Waals surface area (Å²) in [6.45, 7) is 6.66. The third-order valence-corrected chi connectivity index (χ3v) is 3.31. The van der Waals surface area contributed by atoms with Gasteiger partial charge in [0.15, 0.2) is 0 Å². The number of aliphatic hydroxyl groups is 1. The van der Waals surface area contributed by atoms with E-state index < -0.39 is 5.60 Å². The summed E-state index contributed by atoms with van der Waals surface area (Å²) in [6, 6.07) is 8.19. The van der Waals surface area contributed by atoms with Gasteiger partial charge in [-0.3, -0.25) is 0 Å². The largest absolute Gasteiger partial charge is 0.385 e. The van der Waals surface area contributed by atoms with E-state index in [-0.39, 0.29) is 5.92 Å². The third-order valence-electron chi connectivity index (χ3n) is 3.31. The lowest BCUT2D eigenvalue weighted by Crippen LogP contribution is -2.28. The van der Waals surface area contributed by atoms with Gasteiger partial charge in [0, 0.05) is 0 Å². The molecule has 1 unspecified atom stereocenters. The second-order valence-electron chi connectivity index (χ2n) is 4.89. The molecule has 16 heavy (non-hydrogen) atoms. The summed E-state index contributed by atoms with van der Waals surface area (Å²) in [5, 5.41) is 10.4. The monoisotopic (exact) mass is 221 g/mol. The van der Waals surface area contributed by atoms with Gasteiger partial charge in [0.25, 0.3) is 0 Å². The van der Waals surface area contributed by atoms with Crippen LogP contribution in [0.15, 0.2) is 24.3 Å².